The van der Waals surface area contributed by atoms with Crippen LogP contribution in [0.25, 0.3) is 0 Å². The highest BCUT2D eigenvalue weighted by Gasteiger charge is 2.47. The summed E-state index contributed by atoms with van der Waals surface area (Å²) in [5, 5.41) is 0.333. The molecule has 0 saturated carbocycles. The summed E-state index contributed by atoms with van der Waals surface area (Å²) >= 11 is 3.42. The zero-order valence-electron chi connectivity index (χ0n) is 14.8. The van der Waals surface area contributed by atoms with Crippen molar-refractivity contribution < 1.29 is 18.0 Å². The lowest BCUT2D eigenvalue weighted by molar-refractivity contribution is 0.0893. The second kappa shape index (κ2) is 8.93. The van der Waals surface area contributed by atoms with Crippen molar-refractivity contribution in [1.29, 1.82) is 0 Å². The van der Waals surface area contributed by atoms with E-state index < -0.39 is 16.6 Å². The van der Waals surface area contributed by atoms with E-state index in [9.17, 15) is 4.57 Å². The first-order chi connectivity index (χ1) is 10.1. The van der Waals surface area contributed by atoms with Crippen LogP contribution >= 0.6 is 31.1 Å². The maximum atomic E-state index is 12.9. The summed E-state index contributed by atoms with van der Waals surface area (Å²) in [5.41, 5.74) is 0.0750. The van der Waals surface area contributed by atoms with Crippen molar-refractivity contribution in [2.75, 3.05) is 19.0 Å². The Morgan fingerprint density at radius 3 is 2.18 bits per heavy atom. The standard InChI is InChI=1S/C14H31O4PS2Si/c1-8-16-19(15,17-9-2)13-20-10-11(21-13)12(14(3,4)5)18-22(6)7/h11-13,22H,8-10H2,1-7H3/t11-,12?,13-/m1/s1. The van der Waals surface area contributed by atoms with Gasteiger partial charge in [-0.2, -0.15) is 0 Å². The molecule has 1 aliphatic heterocycles. The maximum absolute atomic E-state index is 12.9. The van der Waals surface area contributed by atoms with Gasteiger partial charge in [0.25, 0.3) is 0 Å². The van der Waals surface area contributed by atoms with Crippen LogP contribution in [0.4, 0.5) is 0 Å². The molecule has 0 N–H and O–H groups in total. The van der Waals surface area contributed by atoms with Gasteiger partial charge in [0, 0.05) is 11.0 Å². The van der Waals surface area contributed by atoms with Gasteiger partial charge in [-0.15, -0.1) is 23.5 Å². The Morgan fingerprint density at radius 2 is 1.77 bits per heavy atom. The predicted octanol–water partition coefficient (Wildman–Crippen LogP) is 4.80. The molecule has 1 heterocycles. The average molecular weight is 387 g/mol. The summed E-state index contributed by atoms with van der Waals surface area (Å²) in [7, 11) is -4.18. The van der Waals surface area contributed by atoms with Crippen LogP contribution in [-0.2, 0) is 18.0 Å². The first-order valence-corrected chi connectivity index (χ1v) is 14.3. The first-order valence-electron chi connectivity index (χ1n) is 7.95. The molecule has 8 heteroatoms. The zero-order valence-corrected chi connectivity index (χ0v) is 18.5. The third kappa shape index (κ3) is 5.83. The van der Waals surface area contributed by atoms with E-state index in [4.69, 9.17) is 13.5 Å². The highest BCUT2D eigenvalue weighted by Crippen LogP contribution is 2.65. The van der Waals surface area contributed by atoms with Gasteiger partial charge in [-0.3, -0.25) is 4.57 Å². The number of thioether (sulfide) groups is 2. The highest BCUT2D eigenvalue weighted by molar-refractivity contribution is 8.26. The van der Waals surface area contributed by atoms with Crippen molar-refractivity contribution in [2.24, 2.45) is 5.41 Å². The molecule has 3 atom stereocenters. The van der Waals surface area contributed by atoms with Crippen molar-refractivity contribution in [1.82, 2.24) is 0 Å². The predicted molar refractivity (Wildman–Crippen MR) is 102 cm³/mol. The fraction of sp³-hybridized carbons (Fsp3) is 1.00. The van der Waals surface area contributed by atoms with Crippen molar-refractivity contribution in [3.8, 4) is 0 Å². The molecule has 0 bridgehead atoms. The third-order valence-corrected chi connectivity index (χ3v) is 10.9. The maximum Gasteiger partial charge on any atom is 0.353 e. The Balaban J connectivity index is 2.83. The Labute approximate surface area is 146 Å². The van der Waals surface area contributed by atoms with Crippen LogP contribution in [0.5, 0.6) is 0 Å². The topological polar surface area (TPSA) is 44.8 Å². The van der Waals surface area contributed by atoms with Gasteiger partial charge in [0.2, 0.25) is 0 Å². The lowest BCUT2D eigenvalue weighted by atomic mass is 9.87. The van der Waals surface area contributed by atoms with Crippen LogP contribution < -0.4 is 0 Å². The van der Waals surface area contributed by atoms with Gasteiger partial charge < -0.3 is 13.5 Å². The molecule has 0 amide bonds. The second-order valence-corrected chi connectivity index (χ2v) is 14.6. The molecule has 1 fully saturated rings. The van der Waals surface area contributed by atoms with Gasteiger partial charge in [0.15, 0.2) is 13.4 Å². The molecule has 0 radical (unpaired) electrons. The first kappa shape index (κ1) is 21.1. The molecule has 1 saturated heterocycles. The van der Waals surface area contributed by atoms with E-state index in [-0.39, 0.29) is 15.8 Å². The Bertz CT molecular complexity index is 380. The monoisotopic (exact) mass is 386 g/mol. The van der Waals surface area contributed by atoms with E-state index in [0.717, 1.165) is 5.75 Å². The Hall–Kier alpha value is 1.03. The summed E-state index contributed by atoms with van der Waals surface area (Å²) in [6, 6.07) is 0. The van der Waals surface area contributed by atoms with E-state index >= 15 is 0 Å². The summed E-state index contributed by atoms with van der Waals surface area (Å²) < 4.78 is 30.1. The molecule has 1 rings (SSSR count). The van der Waals surface area contributed by atoms with Crippen LogP contribution in [0, 0.1) is 5.41 Å². The minimum absolute atomic E-state index is 0.0750. The lowest BCUT2D eigenvalue weighted by Gasteiger charge is -2.36. The van der Waals surface area contributed by atoms with E-state index in [1.165, 1.54) is 0 Å². The minimum Gasteiger partial charge on any atom is -0.416 e. The molecule has 1 aliphatic rings. The molecule has 0 aromatic heterocycles. The largest absolute Gasteiger partial charge is 0.416 e. The molecule has 0 aromatic carbocycles. The van der Waals surface area contributed by atoms with Crippen molar-refractivity contribution >= 4 is 40.2 Å². The van der Waals surface area contributed by atoms with Crippen LogP contribution in [0.1, 0.15) is 34.6 Å². The average Bonchev–Trinajstić information content (AvgIpc) is 2.84. The molecular formula is C14H31O4PS2Si. The van der Waals surface area contributed by atoms with Gasteiger partial charge in [-0.1, -0.05) is 20.8 Å². The molecular weight excluding hydrogens is 355 g/mol. The van der Waals surface area contributed by atoms with Gasteiger partial charge in [0.05, 0.1) is 19.3 Å². The minimum atomic E-state index is -3.05. The summed E-state index contributed by atoms with van der Waals surface area (Å²) in [5.74, 6) is 0.933. The molecule has 0 aromatic rings. The van der Waals surface area contributed by atoms with E-state index in [1.807, 2.05) is 13.8 Å². The van der Waals surface area contributed by atoms with E-state index in [0.29, 0.717) is 18.5 Å². The van der Waals surface area contributed by atoms with Crippen molar-refractivity contribution in [3.05, 3.63) is 0 Å². The molecule has 0 spiro atoms. The molecule has 132 valence electrons. The van der Waals surface area contributed by atoms with Gasteiger partial charge >= 0.3 is 7.60 Å². The Kier molecular flexibility index (Phi) is 8.55. The summed E-state index contributed by atoms with van der Waals surface area (Å²) in [4.78, 5) is 0. The van der Waals surface area contributed by atoms with Crippen molar-refractivity contribution in [2.45, 2.75) is 63.4 Å². The summed E-state index contributed by atoms with van der Waals surface area (Å²) in [6.45, 7) is 15.6. The quantitative estimate of drug-likeness (QED) is 0.441. The fourth-order valence-electron chi connectivity index (χ4n) is 2.39. The van der Waals surface area contributed by atoms with E-state index in [2.05, 4.69) is 33.9 Å². The highest BCUT2D eigenvalue weighted by atomic mass is 32.2. The Morgan fingerprint density at radius 1 is 1.23 bits per heavy atom. The van der Waals surface area contributed by atoms with Crippen LogP contribution in [0.3, 0.4) is 0 Å². The molecule has 22 heavy (non-hydrogen) atoms. The molecule has 1 unspecified atom stereocenters. The van der Waals surface area contributed by atoms with Gasteiger partial charge in [-0.05, 0) is 32.4 Å². The molecule has 4 nitrogen and oxygen atoms in total. The van der Waals surface area contributed by atoms with E-state index in [1.54, 1.807) is 23.5 Å². The number of hydrogen-bond acceptors (Lipinski definition) is 6. The smallest absolute Gasteiger partial charge is 0.353 e. The van der Waals surface area contributed by atoms with Crippen LogP contribution in [0.15, 0.2) is 0 Å². The summed E-state index contributed by atoms with van der Waals surface area (Å²) in [6.07, 6.45) is 0.179. The van der Waals surface area contributed by atoms with Crippen molar-refractivity contribution in [3.63, 3.8) is 0 Å². The third-order valence-electron chi connectivity index (χ3n) is 3.18. The van der Waals surface area contributed by atoms with Gasteiger partial charge in [0.1, 0.15) is 0 Å². The number of rotatable bonds is 8. The van der Waals surface area contributed by atoms with Crippen LogP contribution in [-0.4, -0.2) is 43.7 Å². The second-order valence-electron chi connectivity index (χ2n) is 6.66. The molecule has 0 aliphatic carbocycles. The normalized spacial score (nSPS) is 24.9. The van der Waals surface area contributed by atoms with Crippen LogP contribution in [0.2, 0.25) is 13.1 Å². The lowest BCUT2D eigenvalue weighted by Crippen LogP contribution is -2.41. The van der Waals surface area contributed by atoms with Gasteiger partial charge in [-0.25, -0.2) is 0 Å². The zero-order chi connectivity index (χ0) is 17.0. The number of hydrogen-bond donors (Lipinski definition) is 0. The SMILES string of the molecule is CCOP(=O)(OCC)[C@@H]1SC[C@H](C(O[SiH](C)C)C(C)(C)C)S1. The fourth-order valence-corrected chi connectivity index (χ4v) is 10.5.